The Kier molecular flexibility index (Phi) is 6.45. The molecule has 2 rings (SSSR count). The van der Waals surface area contributed by atoms with Crippen LogP contribution in [0.2, 0.25) is 0 Å². The summed E-state index contributed by atoms with van der Waals surface area (Å²) in [5.74, 6) is -0.878. The predicted octanol–water partition coefficient (Wildman–Crippen LogP) is 1.92. The van der Waals surface area contributed by atoms with Gasteiger partial charge in [-0.25, -0.2) is 4.79 Å². The van der Waals surface area contributed by atoms with Gasteiger partial charge < -0.3 is 24.5 Å². The van der Waals surface area contributed by atoms with E-state index in [1.165, 1.54) is 0 Å². The van der Waals surface area contributed by atoms with E-state index < -0.39 is 5.97 Å². The second-order valence-electron chi connectivity index (χ2n) is 6.47. The Morgan fingerprint density at radius 2 is 1.96 bits per heavy atom. The molecule has 0 spiro atoms. The first kappa shape index (κ1) is 18.5. The fraction of sp³-hybridized carbons (Fsp3) is 0.611. The molecular formula is C18H29N3O3. The fourth-order valence-electron chi connectivity index (χ4n) is 3.30. The number of piperazine rings is 1. The van der Waals surface area contributed by atoms with E-state index in [-0.39, 0.29) is 0 Å². The lowest BCUT2D eigenvalue weighted by Crippen LogP contribution is -2.44. The summed E-state index contributed by atoms with van der Waals surface area (Å²) in [6.45, 7) is 7.46. The number of carbonyl (C=O) groups is 1. The van der Waals surface area contributed by atoms with Crippen LogP contribution < -0.4 is 9.80 Å². The average molecular weight is 335 g/mol. The van der Waals surface area contributed by atoms with Gasteiger partial charge in [-0.1, -0.05) is 0 Å². The number of rotatable bonds is 7. The molecule has 1 saturated heterocycles. The van der Waals surface area contributed by atoms with Gasteiger partial charge in [-0.3, -0.25) is 0 Å². The molecule has 0 atom stereocenters. The molecule has 1 aliphatic heterocycles. The molecule has 6 nitrogen and oxygen atoms in total. The zero-order valence-electron chi connectivity index (χ0n) is 15.2. The van der Waals surface area contributed by atoms with E-state index in [2.05, 4.69) is 16.8 Å². The molecule has 0 saturated carbocycles. The molecule has 1 aromatic carbocycles. The normalized spacial score (nSPS) is 15.6. The maximum atomic E-state index is 11.7. The summed E-state index contributed by atoms with van der Waals surface area (Å²) < 4.78 is 5.11. The standard InChI is InChI=1S/C18H29N3O3/c1-14-16(21-11-9-19(2)10-12-21)7-6-15(18(22)23)17(14)20(3)8-5-13-24-4/h6-7H,5,8-13H2,1-4H3,(H,22,23). The topological polar surface area (TPSA) is 56.2 Å². The molecule has 1 fully saturated rings. The van der Waals surface area contributed by atoms with Crippen molar-refractivity contribution in [2.75, 3.05) is 70.3 Å². The van der Waals surface area contributed by atoms with E-state index >= 15 is 0 Å². The first-order valence-electron chi connectivity index (χ1n) is 8.46. The monoisotopic (exact) mass is 335 g/mol. The number of benzene rings is 1. The van der Waals surface area contributed by atoms with Crippen LogP contribution in [0.15, 0.2) is 12.1 Å². The molecular weight excluding hydrogens is 306 g/mol. The molecule has 0 bridgehead atoms. The summed E-state index contributed by atoms with van der Waals surface area (Å²) in [4.78, 5) is 18.4. The summed E-state index contributed by atoms with van der Waals surface area (Å²) in [5.41, 5.74) is 3.36. The second kappa shape index (κ2) is 8.35. The summed E-state index contributed by atoms with van der Waals surface area (Å²) in [6.07, 6.45) is 0.865. The third-order valence-electron chi connectivity index (χ3n) is 4.70. The first-order valence-corrected chi connectivity index (χ1v) is 8.46. The van der Waals surface area contributed by atoms with E-state index in [0.29, 0.717) is 12.2 Å². The van der Waals surface area contributed by atoms with Crippen molar-refractivity contribution in [2.24, 2.45) is 0 Å². The fourth-order valence-corrected chi connectivity index (χ4v) is 3.30. The molecule has 1 aliphatic rings. The van der Waals surface area contributed by atoms with Crippen molar-refractivity contribution >= 4 is 17.3 Å². The van der Waals surface area contributed by atoms with Crippen molar-refractivity contribution in [1.82, 2.24) is 4.90 Å². The number of hydrogen-bond acceptors (Lipinski definition) is 5. The molecule has 6 heteroatoms. The lowest BCUT2D eigenvalue weighted by Gasteiger charge is -2.36. The summed E-state index contributed by atoms with van der Waals surface area (Å²) in [7, 11) is 5.77. The van der Waals surface area contributed by atoms with Crippen LogP contribution in [0.5, 0.6) is 0 Å². The van der Waals surface area contributed by atoms with Crippen molar-refractivity contribution in [3.63, 3.8) is 0 Å². The number of carboxylic acids is 1. The van der Waals surface area contributed by atoms with Gasteiger partial charge in [-0.05, 0) is 38.1 Å². The highest BCUT2D eigenvalue weighted by atomic mass is 16.5. The molecule has 134 valence electrons. The highest BCUT2D eigenvalue weighted by Crippen LogP contribution is 2.33. The molecule has 0 aromatic heterocycles. The van der Waals surface area contributed by atoms with Gasteiger partial charge in [0.2, 0.25) is 0 Å². The number of nitrogens with zero attached hydrogens (tertiary/aromatic N) is 3. The van der Waals surface area contributed by atoms with Gasteiger partial charge in [0.05, 0.1) is 11.3 Å². The number of ether oxygens (including phenoxy) is 1. The predicted molar refractivity (Wildman–Crippen MR) is 97.6 cm³/mol. The Balaban J connectivity index is 2.31. The number of likely N-dealkylation sites (N-methyl/N-ethyl adjacent to an activating group) is 1. The van der Waals surface area contributed by atoms with Crippen LogP contribution in [-0.2, 0) is 4.74 Å². The zero-order valence-corrected chi connectivity index (χ0v) is 15.2. The Hall–Kier alpha value is -1.79. The van der Waals surface area contributed by atoms with E-state index in [1.54, 1.807) is 13.2 Å². The van der Waals surface area contributed by atoms with Gasteiger partial charge in [0.25, 0.3) is 0 Å². The minimum absolute atomic E-state index is 0.366. The molecule has 1 N–H and O–H groups in total. The van der Waals surface area contributed by atoms with Gasteiger partial charge in [0.15, 0.2) is 0 Å². The largest absolute Gasteiger partial charge is 0.478 e. The van der Waals surface area contributed by atoms with Crippen LogP contribution in [0, 0.1) is 6.92 Å². The molecule has 1 aromatic rings. The third-order valence-corrected chi connectivity index (χ3v) is 4.70. The number of anilines is 2. The van der Waals surface area contributed by atoms with Crippen LogP contribution >= 0.6 is 0 Å². The summed E-state index contributed by atoms with van der Waals surface area (Å²) in [5, 5.41) is 9.57. The van der Waals surface area contributed by atoms with Crippen LogP contribution in [-0.4, -0.2) is 76.5 Å². The van der Waals surface area contributed by atoms with Crippen LogP contribution in [0.25, 0.3) is 0 Å². The highest BCUT2D eigenvalue weighted by Gasteiger charge is 2.22. The van der Waals surface area contributed by atoms with Crippen LogP contribution in [0.4, 0.5) is 11.4 Å². The SMILES string of the molecule is COCCCN(C)c1c(C(=O)O)ccc(N2CCN(C)CC2)c1C. The minimum Gasteiger partial charge on any atom is -0.478 e. The molecule has 0 radical (unpaired) electrons. The Morgan fingerprint density at radius 3 is 2.54 bits per heavy atom. The van der Waals surface area contributed by atoms with E-state index in [9.17, 15) is 9.90 Å². The molecule has 0 amide bonds. The average Bonchev–Trinajstić information content (AvgIpc) is 2.55. The highest BCUT2D eigenvalue weighted by molar-refractivity contribution is 5.96. The Labute approximate surface area is 144 Å². The van der Waals surface area contributed by atoms with Gasteiger partial charge in [0, 0.05) is 59.2 Å². The smallest absolute Gasteiger partial charge is 0.337 e. The quantitative estimate of drug-likeness (QED) is 0.768. The zero-order chi connectivity index (χ0) is 17.7. The Morgan fingerprint density at radius 1 is 1.29 bits per heavy atom. The van der Waals surface area contributed by atoms with E-state index in [4.69, 9.17) is 4.74 Å². The van der Waals surface area contributed by atoms with E-state index in [0.717, 1.165) is 56.1 Å². The van der Waals surface area contributed by atoms with Gasteiger partial charge >= 0.3 is 5.97 Å². The maximum Gasteiger partial charge on any atom is 0.337 e. The number of carboxylic acid groups (broad SMARTS) is 1. The van der Waals surface area contributed by atoms with Crippen molar-refractivity contribution in [3.8, 4) is 0 Å². The van der Waals surface area contributed by atoms with Crippen molar-refractivity contribution in [2.45, 2.75) is 13.3 Å². The van der Waals surface area contributed by atoms with Gasteiger partial charge in [0.1, 0.15) is 0 Å². The van der Waals surface area contributed by atoms with E-state index in [1.807, 2.05) is 24.9 Å². The lowest BCUT2D eigenvalue weighted by atomic mass is 10.0. The third kappa shape index (κ3) is 4.19. The molecule has 0 unspecified atom stereocenters. The second-order valence-corrected chi connectivity index (χ2v) is 6.47. The summed E-state index contributed by atoms with van der Waals surface area (Å²) in [6, 6.07) is 3.70. The van der Waals surface area contributed by atoms with Crippen molar-refractivity contribution in [3.05, 3.63) is 23.3 Å². The first-order chi connectivity index (χ1) is 11.5. The number of methoxy groups -OCH3 is 1. The maximum absolute atomic E-state index is 11.7. The van der Waals surface area contributed by atoms with Crippen LogP contribution in [0.1, 0.15) is 22.3 Å². The van der Waals surface area contributed by atoms with Gasteiger partial charge in [-0.15, -0.1) is 0 Å². The summed E-state index contributed by atoms with van der Waals surface area (Å²) >= 11 is 0. The molecule has 0 aliphatic carbocycles. The van der Waals surface area contributed by atoms with Crippen molar-refractivity contribution < 1.29 is 14.6 Å². The molecule has 1 heterocycles. The lowest BCUT2D eigenvalue weighted by molar-refractivity contribution is 0.0697. The van der Waals surface area contributed by atoms with Crippen molar-refractivity contribution in [1.29, 1.82) is 0 Å². The van der Waals surface area contributed by atoms with Crippen LogP contribution in [0.3, 0.4) is 0 Å². The number of aromatic carboxylic acids is 1. The Bertz CT molecular complexity index is 569. The minimum atomic E-state index is -0.878. The molecule has 24 heavy (non-hydrogen) atoms. The van der Waals surface area contributed by atoms with Gasteiger partial charge in [-0.2, -0.15) is 0 Å². The number of hydrogen-bond donors (Lipinski definition) is 1.